The first-order valence-corrected chi connectivity index (χ1v) is 6.22. The van der Waals surface area contributed by atoms with E-state index in [1.165, 1.54) is 6.92 Å². The van der Waals surface area contributed by atoms with Crippen LogP contribution in [0.1, 0.15) is 31.7 Å². The van der Waals surface area contributed by atoms with Gasteiger partial charge in [-0.1, -0.05) is 6.92 Å². The average Bonchev–Trinajstić information content (AvgIpc) is 2.45. The molecule has 0 aliphatic carbocycles. The molecule has 2 amide bonds. The van der Waals surface area contributed by atoms with E-state index in [1.807, 2.05) is 5.32 Å². The van der Waals surface area contributed by atoms with E-state index in [9.17, 15) is 27.2 Å². The quantitative estimate of drug-likeness (QED) is 0.379. The van der Waals surface area contributed by atoms with Crippen molar-refractivity contribution in [3.63, 3.8) is 0 Å². The fourth-order valence-electron chi connectivity index (χ4n) is 2.57. The van der Waals surface area contributed by atoms with E-state index >= 15 is 0 Å². The number of carbonyl (C=O) groups excluding carboxylic acids is 2. The Hall–Kier alpha value is -2.12. The maximum atomic E-state index is 14.1. The van der Waals surface area contributed by atoms with Crippen LogP contribution < -0.4 is 11.1 Å². The maximum absolute atomic E-state index is 14.1. The summed E-state index contributed by atoms with van der Waals surface area (Å²) in [6.45, 7) is 1.43. The highest BCUT2D eigenvalue weighted by molar-refractivity contribution is 6.03. The van der Waals surface area contributed by atoms with Crippen molar-refractivity contribution in [3.8, 4) is 0 Å². The van der Waals surface area contributed by atoms with E-state index in [-0.39, 0.29) is 19.3 Å². The number of hydrogen-bond acceptors (Lipinski definition) is 3. The second-order valence-electron chi connectivity index (χ2n) is 4.86. The van der Waals surface area contributed by atoms with Gasteiger partial charge < -0.3 is 5.73 Å². The van der Waals surface area contributed by atoms with Crippen LogP contribution in [0.3, 0.4) is 0 Å². The van der Waals surface area contributed by atoms with Crippen molar-refractivity contribution in [2.75, 3.05) is 5.73 Å². The van der Waals surface area contributed by atoms with Crippen LogP contribution in [0.25, 0.3) is 0 Å². The van der Waals surface area contributed by atoms with Crippen molar-refractivity contribution in [2.45, 2.75) is 31.6 Å². The van der Waals surface area contributed by atoms with Crippen LogP contribution in [0.5, 0.6) is 0 Å². The first kappa shape index (κ1) is 15.3. The Morgan fingerprint density at radius 1 is 1.10 bits per heavy atom. The van der Waals surface area contributed by atoms with Crippen molar-refractivity contribution in [1.82, 2.24) is 5.32 Å². The first-order valence-electron chi connectivity index (χ1n) is 6.22. The molecule has 4 nitrogen and oxygen atoms in total. The number of nitrogens with one attached hydrogen (secondary N) is 1. The number of rotatable bonds is 2. The molecule has 8 heteroatoms. The zero-order chi connectivity index (χ0) is 15.9. The molecule has 1 aromatic rings. The molecule has 21 heavy (non-hydrogen) atoms. The van der Waals surface area contributed by atoms with E-state index in [4.69, 9.17) is 5.73 Å². The van der Waals surface area contributed by atoms with Crippen LogP contribution in [-0.4, -0.2) is 11.8 Å². The van der Waals surface area contributed by atoms with Crippen molar-refractivity contribution < 1.29 is 27.2 Å². The second-order valence-corrected chi connectivity index (χ2v) is 4.86. The number of carbonyl (C=O) groups is 2. The lowest BCUT2D eigenvalue weighted by Gasteiger charge is -2.35. The number of hydrogen-bond donors (Lipinski definition) is 2. The highest BCUT2D eigenvalue weighted by Crippen LogP contribution is 2.41. The summed E-state index contributed by atoms with van der Waals surface area (Å²) in [4.78, 5) is 23.2. The van der Waals surface area contributed by atoms with Gasteiger partial charge in [0, 0.05) is 12.0 Å². The van der Waals surface area contributed by atoms with Crippen molar-refractivity contribution in [1.29, 1.82) is 0 Å². The third-order valence-electron chi connectivity index (χ3n) is 3.85. The van der Waals surface area contributed by atoms with Crippen LogP contribution in [0, 0.1) is 23.3 Å². The van der Waals surface area contributed by atoms with Crippen molar-refractivity contribution in [3.05, 3.63) is 28.8 Å². The summed E-state index contributed by atoms with van der Waals surface area (Å²) < 4.78 is 55.3. The van der Waals surface area contributed by atoms with E-state index in [1.54, 1.807) is 0 Å². The number of amides is 2. The standard InChI is InChI=1S/C13H12F4N2O2/c1-2-13(4-3-5(20)19-12(13)21)6-7(14)9(16)11(18)10(17)8(6)15/h2-4,18H2,1H3,(H,19,20,21)/t13-/m1/s1. The predicted molar refractivity (Wildman–Crippen MR) is 65.0 cm³/mol. The van der Waals surface area contributed by atoms with Gasteiger partial charge in [0.2, 0.25) is 11.8 Å². The molecule has 1 aromatic carbocycles. The Kier molecular flexibility index (Phi) is 3.65. The molecule has 1 saturated heterocycles. The summed E-state index contributed by atoms with van der Waals surface area (Å²) in [7, 11) is 0. The van der Waals surface area contributed by atoms with Gasteiger partial charge in [0.05, 0.1) is 5.41 Å². The van der Waals surface area contributed by atoms with Gasteiger partial charge in [0.15, 0.2) is 23.3 Å². The van der Waals surface area contributed by atoms with Gasteiger partial charge in [-0.25, -0.2) is 17.6 Å². The summed E-state index contributed by atoms with van der Waals surface area (Å²) in [5, 5.41) is 1.94. The SMILES string of the molecule is CC[C@]1(c2c(F)c(F)c(N)c(F)c2F)CCC(=O)NC1=O. The van der Waals surface area contributed by atoms with E-state index in [0.29, 0.717) is 0 Å². The minimum Gasteiger partial charge on any atom is -0.394 e. The topological polar surface area (TPSA) is 72.2 Å². The van der Waals surface area contributed by atoms with Crippen LogP contribution >= 0.6 is 0 Å². The third-order valence-corrected chi connectivity index (χ3v) is 3.85. The summed E-state index contributed by atoms with van der Waals surface area (Å²) in [6, 6.07) is 0. The zero-order valence-corrected chi connectivity index (χ0v) is 11.0. The summed E-state index contributed by atoms with van der Waals surface area (Å²) in [5.41, 5.74) is 0.775. The zero-order valence-electron chi connectivity index (χ0n) is 11.0. The van der Waals surface area contributed by atoms with Crippen LogP contribution in [0.15, 0.2) is 0 Å². The van der Waals surface area contributed by atoms with Crippen LogP contribution in [-0.2, 0) is 15.0 Å². The Balaban J connectivity index is 2.75. The predicted octanol–water partition coefficient (Wildman–Crippen LogP) is 1.91. The summed E-state index contributed by atoms with van der Waals surface area (Å²) in [5.74, 6) is -8.51. The Morgan fingerprint density at radius 3 is 2.05 bits per heavy atom. The molecule has 0 saturated carbocycles. The van der Waals surface area contributed by atoms with Crippen molar-refractivity contribution >= 4 is 17.5 Å². The van der Waals surface area contributed by atoms with Gasteiger partial charge >= 0.3 is 0 Å². The molecule has 1 aliphatic heterocycles. The second kappa shape index (κ2) is 5.01. The number of halogens is 4. The number of benzene rings is 1. The molecule has 0 spiro atoms. The molecule has 0 aromatic heterocycles. The highest BCUT2D eigenvalue weighted by atomic mass is 19.2. The maximum Gasteiger partial charge on any atom is 0.237 e. The van der Waals surface area contributed by atoms with Crippen LogP contribution in [0.2, 0.25) is 0 Å². The third kappa shape index (κ3) is 2.05. The molecule has 3 N–H and O–H groups in total. The number of anilines is 1. The fraction of sp³-hybridized carbons (Fsp3) is 0.385. The van der Waals surface area contributed by atoms with Crippen molar-refractivity contribution in [2.24, 2.45) is 0 Å². The minimum absolute atomic E-state index is 0.136. The van der Waals surface area contributed by atoms with Gasteiger partial charge in [-0.3, -0.25) is 14.9 Å². The van der Waals surface area contributed by atoms with Gasteiger partial charge in [-0.05, 0) is 12.8 Å². The van der Waals surface area contributed by atoms with E-state index in [0.717, 1.165) is 0 Å². The van der Waals surface area contributed by atoms with Gasteiger partial charge in [0.1, 0.15) is 5.69 Å². The first-order chi connectivity index (χ1) is 9.76. The molecule has 0 bridgehead atoms. The number of nitrogen functional groups attached to an aromatic ring is 1. The Morgan fingerprint density at radius 2 is 1.62 bits per heavy atom. The van der Waals surface area contributed by atoms with E-state index < -0.39 is 51.7 Å². The highest BCUT2D eigenvalue weighted by Gasteiger charge is 2.48. The number of piperidine rings is 1. The minimum atomic E-state index is -1.85. The molecule has 1 heterocycles. The molecule has 0 unspecified atom stereocenters. The Bertz CT molecular complexity index is 619. The average molecular weight is 304 g/mol. The monoisotopic (exact) mass is 304 g/mol. The van der Waals surface area contributed by atoms with Gasteiger partial charge in [0.25, 0.3) is 0 Å². The molecule has 1 fully saturated rings. The molecule has 2 rings (SSSR count). The smallest absolute Gasteiger partial charge is 0.237 e. The molecular weight excluding hydrogens is 292 g/mol. The van der Waals surface area contributed by atoms with Gasteiger partial charge in [-0.2, -0.15) is 0 Å². The fourth-order valence-corrected chi connectivity index (χ4v) is 2.57. The molecule has 0 radical (unpaired) electrons. The van der Waals surface area contributed by atoms with Gasteiger partial charge in [-0.15, -0.1) is 0 Å². The molecule has 114 valence electrons. The molecule has 1 atom stereocenters. The van der Waals surface area contributed by atoms with E-state index in [2.05, 4.69) is 0 Å². The Labute approximate surface area is 117 Å². The number of imide groups is 1. The largest absolute Gasteiger partial charge is 0.394 e. The lowest BCUT2D eigenvalue weighted by Crippen LogP contribution is -2.52. The molecule has 1 aliphatic rings. The normalized spacial score (nSPS) is 22.3. The molecular formula is C13H12F4N2O2. The summed E-state index contributed by atoms with van der Waals surface area (Å²) in [6.07, 6.45) is -0.570. The number of nitrogens with two attached hydrogens (primary N) is 1. The lowest BCUT2D eigenvalue weighted by molar-refractivity contribution is -0.138. The lowest BCUT2D eigenvalue weighted by atomic mass is 9.71. The van der Waals surface area contributed by atoms with Crippen LogP contribution in [0.4, 0.5) is 23.2 Å². The summed E-state index contributed by atoms with van der Waals surface area (Å²) >= 11 is 0.